The molecule has 0 bridgehead atoms. The molecule has 2 aromatic rings. The fraction of sp³-hybridized carbons (Fsp3) is 0.167. The smallest absolute Gasteiger partial charge is 0.417 e. The summed E-state index contributed by atoms with van der Waals surface area (Å²) >= 11 is 0. The average molecular weight is 390 g/mol. The van der Waals surface area contributed by atoms with Crippen molar-refractivity contribution in [3.8, 4) is 16.9 Å². The van der Waals surface area contributed by atoms with Gasteiger partial charge in [0, 0.05) is 5.57 Å². The van der Waals surface area contributed by atoms with Gasteiger partial charge in [0.25, 0.3) is 0 Å². The molecule has 1 aliphatic rings. The maximum Gasteiger partial charge on any atom is 0.417 e. The monoisotopic (exact) mass is 390 g/mol. The minimum Gasteiger partial charge on any atom is -0.488 e. The molecule has 9 heteroatoms. The van der Waals surface area contributed by atoms with Crippen LogP contribution < -0.4 is 4.74 Å². The number of hydrogen-bond acceptors (Lipinski definition) is 2. The van der Waals surface area contributed by atoms with Crippen LogP contribution in [0.25, 0.3) is 17.2 Å². The Morgan fingerprint density at radius 3 is 2.26 bits per heavy atom. The Bertz CT molecular complexity index is 940. The number of benzene rings is 2. The van der Waals surface area contributed by atoms with E-state index < -0.39 is 34.9 Å². The van der Waals surface area contributed by atoms with Crippen LogP contribution in [0.15, 0.2) is 35.9 Å². The van der Waals surface area contributed by atoms with Gasteiger partial charge in [-0.25, -0.2) is 4.39 Å². The summed E-state index contributed by atoms with van der Waals surface area (Å²) in [5, 5.41) is 0. The van der Waals surface area contributed by atoms with Crippen molar-refractivity contribution in [2.45, 2.75) is 12.4 Å². The van der Waals surface area contributed by atoms with Gasteiger partial charge in [0.2, 0.25) is 0 Å². The second-order valence-corrected chi connectivity index (χ2v) is 5.75. The van der Waals surface area contributed by atoms with Gasteiger partial charge in [0.15, 0.2) is 0 Å². The fourth-order valence-electron chi connectivity index (χ4n) is 2.67. The van der Waals surface area contributed by atoms with Crippen LogP contribution >= 0.6 is 0 Å². The summed E-state index contributed by atoms with van der Waals surface area (Å²) in [5.74, 6) is -1.07. The molecule has 0 aliphatic carbocycles. The van der Waals surface area contributed by atoms with Gasteiger partial charge >= 0.3 is 12.4 Å². The highest BCUT2D eigenvalue weighted by atomic mass is 19.4. The number of halogens is 7. The van der Waals surface area contributed by atoms with Gasteiger partial charge in [-0.3, -0.25) is 4.79 Å². The van der Waals surface area contributed by atoms with E-state index in [1.807, 2.05) is 0 Å². The summed E-state index contributed by atoms with van der Waals surface area (Å²) in [6, 6.07) is 2.96. The Kier molecular flexibility index (Phi) is 4.49. The maximum absolute atomic E-state index is 14.3. The summed E-state index contributed by atoms with van der Waals surface area (Å²) in [4.78, 5) is 10.7. The van der Waals surface area contributed by atoms with E-state index in [1.165, 1.54) is 6.08 Å². The van der Waals surface area contributed by atoms with E-state index in [9.17, 15) is 35.5 Å². The molecule has 0 spiro atoms. The first kappa shape index (κ1) is 18.9. The molecule has 1 aliphatic heterocycles. The Morgan fingerprint density at radius 1 is 0.963 bits per heavy atom. The second-order valence-electron chi connectivity index (χ2n) is 5.75. The Labute approximate surface area is 147 Å². The van der Waals surface area contributed by atoms with E-state index in [0.717, 1.165) is 12.1 Å². The van der Waals surface area contributed by atoms with E-state index in [0.29, 0.717) is 18.4 Å². The zero-order chi connectivity index (χ0) is 20.0. The van der Waals surface area contributed by atoms with E-state index in [4.69, 9.17) is 4.74 Å². The van der Waals surface area contributed by atoms with Crippen molar-refractivity contribution in [3.05, 3.63) is 58.4 Å². The highest BCUT2D eigenvalue weighted by Gasteiger charge is 2.38. The molecule has 0 fully saturated rings. The lowest BCUT2D eigenvalue weighted by Crippen LogP contribution is -2.13. The summed E-state index contributed by atoms with van der Waals surface area (Å²) in [5.41, 5.74) is -3.91. The first-order valence-electron chi connectivity index (χ1n) is 7.41. The van der Waals surface area contributed by atoms with E-state index in [1.54, 1.807) is 0 Å². The Balaban J connectivity index is 2.19. The molecule has 0 radical (unpaired) electrons. The summed E-state index contributed by atoms with van der Waals surface area (Å²) in [6.45, 7) is -0.196. The van der Waals surface area contributed by atoms with Crippen molar-refractivity contribution in [1.82, 2.24) is 0 Å². The first-order valence-corrected chi connectivity index (χ1v) is 7.41. The quantitative estimate of drug-likeness (QED) is 0.500. The van der Waals surface area contributed by atoms with Crippen molar-refractivity contribution in [2.75, 3.05) is 6.61 Å². The highest BCUT2D eigenvalue weighted by molar-refractivity contribution is 5.85. The van der Waals surface area contributed by atoms with Crippen LogP contribution in [0.4, 0.5) is 30.7 Å². The minimum absolute atomic E-state index is 0.0159. The zero-order valence-corrected chi connectivity index (χ0v) is 13.2. The van der Waals surface area contributed by atoms with Crippen LogP contribution in [-0.2, 0) is 17.1 Å². The highest BCUT2D eigenvalue weighted by Crippen LogP contribution is 2.42. The van der Waals surface area contributed by atoms with Gasteiger partial charge in [-0.2, -0.15) is 26.3 Å². The number of alkyl halides is 6. The molecule has 0 aromatic heterocycles. The summed E-state index contributed by atoms with van der Waals surface area (Å²) in [7, 11) is 0. The minimum atomic E-state index is -5.09. The predicted molar refractivity (Wildman–Crippen MR) is 81.4 cm³/mol. The molecule has 27 heavy (non-hydrogen) atoms. The third-order valence-corrected chi connectivity index (χ3v) is 3.93. The molecular formula is C18H9F7O2. The summed E-state index contributed by atoms with van der Waals surface area (Å²) in [6.07, 6.45) is -8.40. The molecule has 2 aromatic carbocycles. The number of carbonyl (C=O) groups excluding carboxylic acids is 1. The van der Waals surface area contributed by atoms with Gasteiger partial charge in [0.05, 0.1) is 16.7 Å². The third-order valence-electron chi connectivity index (χ3n) is 3.93. The lowest BCUT2D eigenvalue weighted by molar-refractivity contribution is -0.142. The second kappa shape index (κ2) is 6.40. The van der Waals surface area contributed by atoms with E-state index in [-0.39, 0.29) is 35.1 Å². The molecule has 0 saturated carbocycles. The molecule has 2 nitrogen and oxygen atoms in total. The van der Waals surface area contributed by atoms with Gasteiger partial charge in [0.1, 0.15) is 24.5 Å². The van der Waals surface area contributed by atoms with Crippen molar-refractivity contribution in [1.29, 1.82) is 0 Å². The molecular weight excluding hydrogens is 381 g/mol. The van der Waals surface area contributed by atoms with Gasteiger partial charge < -0.3 is 4.74 Å². The van der Waals surface area contributed by atoms with Crippen LogP contribution in [0.2, 0.25) is 0 Å². The number of rotatable bonds is 2. The Hall–Kier alpha value is -2.84. The van der Waals surface area contributed by atoms with Crippen molar-refractivity contribution < 1.29 is 40.3 Å². The van der Waals surface area contributed by atoms with Crippen LogP contribution in [0, 0.1) is 5.82 Å². The summed E-state index contributed by atoms with van der Waals surface area (Å²) < 4.78 is 97.7. The first-order chi connectivity index (χ1) is 12.5. The van der Waals surface area contributed by atoms with Crippen LogP contribution in [-0.4, -0.2) is 12.9 Å². The van der Waals surface area contributed by atoms with Crippen LogP contribution in [0.1, 0.15) is 16.7 Å². The predicted octanol–water partition coefficient (Wildman–Crippen LogP) is 5.51. The fourth-order valence-corrected chi connectivity index (χ4v) is 2.67. The lowest BCUT2D eigenvalue weighted by atomic mass is 9.94. The molecule has 0 saturated heterocycles. The third kappa shape index (κ3) is 3.67. The number of carbonyl (C=O) groups is 1. The molecule has 0 amide bonds. The standard InChI is InChI=1S/C18H9F7O2/c19-15-4-10(5-16-13(15)3-9(7-26)8-27-16)12-2-1-11(17(20,21)22)6-14(12)18(23,24)25/h1-7H,8H2. The molecule has 3 rings (SSSR count). The van der Waals surface area contributed by atoms with E-state index >= 15 is 0 Å². The van der Waals surface area contributed by atoms with Gasteiger partial charge in [-0.15, -0.1) is 0 Å². The van der Waals surface area contributed by atoms with Crippen molar-refractivity contribution in [2.24, 2.45) is 0 Å². The molecule has 0 atom stereocenters. The van der Waals surface area contributed by atoms with E-state index in [2.05, 4.69) is 0 Å². The Morgan fingerprint density at radius 2 is 1.67 bits per heavy atom. The number of aldehydes is 1. The number of ether oxygens (including phenoxy) is 1. The molecule has 0 unspecified atom stereocenters. The number of hydrogen-bond donors (Lipinski definition) is 0. The average Bonchev–Trinajstić information content (AvgIpc) is 2.59. The molecule has 142 valence electrons. The van der Waals surface area contributed by atoms with Gasteiger partial charge in [-0.1, -0.05) is 6.07 Å². The largest absolute Gasteiger partial charge is 0.488 e. The normalized spacial score (nSPS) is 14.3. The van der Waals surface area contributed by atoms with Crippen molar-refractivity contribution in [3.63, 3.8) is 0 Å². The zero-order valence-electron chi connectivity index (χ0n) is 13.2. The SMILES string of the molecule is O=CC1=Cc2c(F)cc(-c3ccc(C(F)(F)F)cc3C(F)(F)F)cc2OC1. The topological polar surface area (TPSA) is 26.3 Å². The maximum atomic E-state index is 14.3. The van der Waals surface area contributed by atoms with Crippen LogP contribution in [0.3, 0.4) is 0 Å². The molecule has 0 N–H and O–H groups in total. The lowest BCUT2D eigenvalue weighted by Gasteiger charge is -2.19. The van der Waals surface area contributed by atoms with Gasteiger partial charge in [-0.05, 0) is 41.5 Å². The number of fused-ring (bicyclic) bond motifs is 1. The van der Waals surface area contributed by atoms with Crippen LogP contribution in [0.5, 0.6) is 5.75 Å². The molecule has 1 heterocycles. The van der Waals surface area contributed by atoms with Crippen molar-refractivity contribution >= 4 is 12.4 Å².